The summed E-state index contributed by atoms with van der Waals surface area (Å²) in [4.78, 5) is 4.37. The van der Waals surface area contributed by atoms with Gasteiger partial charge in [-0.3, -0.25) is 0 Å². The molecule has 0 amide bonds. The molecule has 0 aliphatic heterocycles. The molecule has 0 aliphatic carbocycles. The van der Waals surface area contributed by atoms with Gasteiger partial charge in [0.1, 0.15) is 10.8 Å². The Morgan fingerprint density at radius 1 is 1.18 bits per heavy atom. The molecule has 0 aliphatic rings. The lowest BCUT2D eigenvalue weighted by atomic mass is 10.0. The normalized spacial score (nSPS) is 10.6. The lowest BCUT2D eigenvalue weighted by molar-refractivity contribution is 0.411. The predicted molar refractivity (Wildman–Crippen MR) is 70.0 cm³/mol. The van der Waals surface area contributed by atoms with Gasteiger partial charge in [-0.15, -0.1) is 0 Å². The van der Waals surface area contributed by atoms with E-state index in [1.54, 1.807) is 14.0 Å². The first kappa shape index (κ1) is 11.9. The zero-order chi connectivity index (χ0) is 12.6. The molecule has 0 fully saturated rings. The van der Waals surface area contributed by atoms with Crippen molar-refractivity contribution in [1.82, 2.24) is 4.98 Å². The topological polar surface area (TPSA) is 42.4 Å². The van der Waals surface area contributed by atoms with Crippen LogP contribution in [0.2, 0.25) is 0 Å². The summed E-state index contributed by atoms with van der Waals surface area (Å²) in [6, 6.07) is 3.92. The van der Waals surface area contributed by atoms with Gasteiger partial charge in [0, 0.05) is 5.56 Å². The van der Waals surface area contributed by atoms with E-state index in [9.17, 15) is 5.11 Å². The van der Waals surface area contributed by atoms with Crippen molar-refractivity contribution >= 4 is 11.3 Å². The third-order valence-corrected chi connectivity index (χ3v) is 3.95. The first-order valence-corrected chi connectivity index (χ1v) is 6.17. The lowest BCUT2D eigenvalue weighted by Gasteiger charge is -2.10. The molecule has 1 aromatic heterocycles. The molecule has 0 spiro atoms. The first-order chi connectivity index (χ1) is 8.04. The predicted octanol–water partition coefficient (Wildman–Crippen LogP) is 3.45. The van der Waals surface area contributed by atoms with E-state index < -0.39 is 0 Å². The second kappa shape index (κ2) is 4.37. The summed E-state index contributed by atoms with van der Waals surface area (Å²) in [5.74, 6) is 0.878. The summed E-state index contributed by atoms with van der Waals surface area (Å²) in [6.07, 6.45) is 0. The van der Waals surface area contributed by atoms with E-state index in [1.165, 1.54) is 11.3 Å². The Balaban J connectivity index is 2.57. The standard InChI is InChI=1S/C13H15NO2S/c1-7-8(2)11(16-4)6-5-10(7)12-14-9(3)13(15)17-12/h5-6,15H,1-4H3. The second-order valence-corrected chi connectivity index (χ2v) is 4.95. The molecule has 1 N–H and O–H groups in total. The van der Waals surface area contributed by atoms with Crippen molar-refractivity contribution in [2.24, 2.45) is 0 Å². The zero-order valence-corrected chi connectivity index (χ0v) is 11.2. The molecule has 0 saturated carbocycles. The van der Waals surface area contributed by atoms with Crippen LogP contribution in [0.15, 0.2) is 12.1 Å². The van der Waals surface area contributed by atoms with E-state index >= 15 is 0 Å². The molecule has 1 aromatic carbocycles. The Morgan fingerprint density at radius 3 is 2.41 bits per heavy atom. The fraction of sp³-hybridized carbons (Fsp3) is 0.308. The molecule has 4 heteroatoms. The van der Waals surface area contributed by atoms with Gasteiger partial charge in [-0.25, -0.2) is 4.98 Å². The number of aryl methyl sites for hydroxylation is 1. The van der Waals surface area contributed by atoms with Gasteiger partial charge in [-0.2, -0.15) is 0 Å². The van der Waals surface area contributed by atoms with Gasteiger partial charge in [-0.1, -0.05) is 11.3 Å². The van der Waals surface area contributed by atoms with Gasteiger partial charge in [0.25, 0.3) is 0 Å². The van der Waals surface area contributed by atoms with Crippen LogP contribution in [0.1, 0.15) is 16.8 Å². The Morgan fingerprint density at radius 2 is 1.88 bits per heavy atom. The Hall–Kier alpha value is -1.55. The Bertz CT molecular complexity index is 541. The highest BCUT2D eigenvalue weighted by atomic mass is 32.1. The Labute approximate surface area is 105 Å². The van der Waals surface area contributed by atoms with Crippen molar-refractivity contribution in [2.45, 2.75) is 20.8 Å². The zero-order valence-electron chi connectivity index (χ0n) is 10.4. The maximum Gasteiger partial charge on any atom is 0.195 e. The van der Waals surface area contributed by atoms with Crippen molar-refractivity contribution in [3.63, 3.8) is 0 Å². The summed E-state index contributed by atoms with van der Waals surface area (Å²) in [7, 11) is 1.67. The molecule has 1 heterocycles. The minimum atomic E-state index is 0.285. The number of hydrogen-bond acceptors (Lipinski definition) is 4. The fourth-order valence-electron chi connectivity index (χ4n) is 1.75. The van der Waals surface area contributed by atoms with Crippen LogP contribution < -0.4 is 4.74 Å². The molecule has 0 saturated heterocycles. The molecular formula is C13H15NO2S. The number of hydrogen-bond donors (Lipinski definition) is 1. The number of aromatic hydroxyl groups is 1. The molecular weight excluding hydrogens is 234 g/mol. The smallest absolute Gasteiger partial charge is 0.195 e. The van der Waals surface area contributed by atoms with Crippen molar-refractivity contribution in [2.75, 3.05) is 7.11 Å². The van der Waals surface area contributed by atoms with E-state index in [2.05, 4.69) is 4.98 Å². The summed E-state index contributed by atoms with van der Waals surface area (Å²) in [5, 5.41) is 10.7. The SMILES string of the molecule is COc1ccc(-c2nc(C)c(O)s2)c(C)c1C. The molecule has 0 bridgehead atoms. The number of benzene rings is 1. The lowest BCUT2D eigenvalue weighted by Crippen LogP contribution is -1.92. The van der Waals surface area contributed by atoms with Crippen molar-refractivity contribution in [3.05, 3.63) is 29.0 Å². The van der Waals surface area contributed by atoms with E-state index in [0.717, 1.165) is 27.4 Å². The Kier molecular flexibility index (Phi) is 3.07. The highest BCUT2D eigenvalue weighted by Gasteiger charge is 2.13. The largest absolute Gasteiger partial charge is 0.498 e. The first-order valence-electron chi connectivity index (χ1n) is 5.35. The van der Waals surface area contributed by atoms with Crippen LogP contribution in [-0.4, -0.2) is 17.2 Å². The minimum Gasteiger partial charge on any atom is -0.498 e. The van der Waals surface area contributed by atoms with Crippen molar-refractivity contribution in [3.8, 4) is 21.4 Å². The molecule has 0 radical (unpaired) electrons. The van der Waals surface area contributed by atoms with Crippen LogP contribution in [0.3, 0.4) is 0 Å². The minimum absolute atomic E-state index is 0.285. The van der Waals surface area contributed by atoms with E-state index in [-0.39, 0.29) is 5.06 Å². The molecule has 2 aromatic rings. The maximum atomic E-state index is 9.59. The maximum absolute atomic E-state index is 9.59. The number of thiazole rings is 1. The van der Waals surface area contributed by atoms with Crippen LogP contribution in [0, 0.1) is 20.8 Å². The summed E-state index contributed by atoms with van der Waals surface area (Å²) < 4.78 is 5.28. The average molecular weight is 249 g/mol. The second-order valence-electron chi connectivity index (χ2n) is 3.97. The summed E-state index contributed by atoms with van der Waals surface area (Å²) in [6.45, 7) is 5.88. The number of ether oxygens (including phenoxy) is 1. The molecule has 90 valence electrons. The summed E-state index contributed by atoms with van der Waals surface area (Å²) in [5.41, 5.74) is 3.98. The molecule has 3 nitrogen and oxygen atoms in total. The summed E-state index contributed by atoms with van der Waals surface area (Å²) >= 11 is 1.31. The van der Waals surface area contributed by atoms with Gasteiger partial charge in [0.2, 0.25) is 0 Å². The van der Waals surface area contributed by atoms with Gasteiger partial charge >= 0.3 is 0 Å². The van der Waals surface area contributed by atoms with Crippen molar-refractivity contribution < 1.29 is 9.84 Å². The highest BCUT2D eigenvalue weighted by molar-refractivity contribution is 7.16. The highest BCUT2D eigenvalue weighted by Crippen LogP contribution is 2.36. The molecule has 17 heavy (non-hydrogen) atoms. The number of rotatable bonds is 2. The third kappa shape index (κ3) is 2.00. The van der Waals surface area contributed by atoms with Crippen LogP contribution in [0.4, 0.5) is 0 Å². The number of methoxy groups -OCH3 is 1. The van der Waals surface area contributed by atoms with Crippen LogP contribution in [0.25, 0.3) is 10.6 Å². The molecule has 0 unspecified atom stereocenters. The van der Waals surface area contributed by atoms with E-state index in [1.807, 2.05) is 26.0 Å². The fourth-order valence-corrected chi connectivity index (χ4v) is 2.64. The quantitative estimate of drug-likeness (QED) is 0.886. The van der Waals surface area contributed by atoms with E-state index in [0.29, 0.717) is 5.69 Å². The molecule has 2 rings (SSSR count). The molecule has 0 atom stereocenters. The van der Waals surface area contributed by atoms with Gasteiger partial charge in [0.05, 0.1) is 12.8 Å². The number of aromatic nitrogens is 1. The van der Waals surface area contributed by atoms with Crippen molar-refractivity contribution in [1.29, 1.82) is 0 Å². The van der Waals surface area contributed by atoms with Gasteiger partial charge in [0.15, 0.2) is 5.06 Å². The van der Waals surface area contributed by atoms with Crippen LogP contribution in [-0.2, 0) is 0 Å². The van der Waals surface area contributed by atoms with E-state index in [4.69, 9.17) is 4.74 Å². The van der Waals surface area contributed by atoms with Crippen LogP contribution >= 0.6 is 11.3 Å². The third-order valence-electron chi connectivity index (χ3n) is 2.96. The van der Waals surface area contributed by atoms with Gasteiger partial charge in [-0.05, 0) is 44.0 Å². The van der Waals surface area contributed by atoms with Crippen LogP contribution in [0.5, 0.6) is 10.8 Å². The average Bonchev–Trinajstić information content (AvgIpc) is 2.63. The number of nitrogens with zero attached hydrogens (tertiary/aromatic N) is 1. The monoisotopic (exact) mass is 249 g/mol. The van der Waals surface area contributed by atoms with Gasteiger partial charge < -0.3 is 9.84 Å².